The predicted molar refractivity (Wildman–Crippen MR) is 47.0 cm³/mol. The van der Waals surface area contributed by atoms with Crippen LogP contribution in [0.5, 0.6) is 0 Å². The lowest BCUT2D eigenvalue weighted by Crippen LogP contribution is -2.32. The average Bonchev–Trinajstić information content (AvgIpc) is 1.94. The number of nitrogens with zero attached hydrogens (tertiary/aromatic N) is 1. The molecule has 0 saturated carbocycles. The Morgan fingerprint density at radius 1 is 1.75 bits per heavy atom. The van der Waals surface area contributed by atoms with E-state index in [1.54, 1.807) is 0 Å². The van der Waals surface area contributed by atoms with Crippen LogP contribution >= 0.6 is 0 Å². The van der Waals surface area contributed by atoms with Crippen LogP contribution in [0.2, 0.25) is 0 Å². The summed E-state index contributed by atoms with van der Waals surface area (Å²) < 4.78 is 0. The van der Waals surface area contributed by atoms with E-state index in [0.29, 0.717) is 5.92 Å². The third-order valence-corrected chi connectivity index (χ3v) is 2.31. The molecule has 0 aromatic heterocycles. The third-order valence-electron chi connectivity index (χ3n) is 2.31. The van der Waals surface area contributed by atoms with Gasteiger partial charge in [0.2, 0.25) is 0 Å². The summed E-state index contributed by atoms with van der Waals surface area (Å²) in [6, 6.07) is 0. The molecule has 0 radical (unpaired) electrons. The van der Waals surface area contributed by atoms with Gasteiger partial charge in [0.1, 0.15) is 0 Å². The van der Waals surface area contributed by atoms with Crippen LogP contribution in [0.3, 0.4) is 0 Å². The largest absolute Gasteiger partial charge is 0.478 e. The van der Waals surface area contributed by atoms with Crippen molar-refractivity contribution in [2.75, 3.05) is 20.1 Å². The summed E-state index contributed by atoms with van der Waals surface area (Å²) in [7, 11) is 2.06. The maximum atomic E-state index is 10.4. The van der Waals surface area contributed by atoms with E-state index in [9.17, 15) is 4.79 Å². The Labute approximate surface area is 72.7 Å². The van der Waals surface area contributed by atoms with E-state index in [4.69, 9.17) is 5.11 Å². The highest BCUT2D eigenvalue weighted by Gasteiger charge is 2.18. The molecule has 3 heteroatoms. The van der Waals surface area contributed by atoms with Crippen LogP contribution < -0.4 is 0 Å². The van der Waals surface area contributed by atoms with Gasteiger partial charge in [0.25, 0.3) is 0 Å². The molecule has 0 bridgehead atoms. The molecule has 1 fully saturated rings. The number of piperidine rings is 1. The molecule has 1 aliphatic heterocycles. The first-order valence-electron chi connectivity index (χ1n) is 4.21. The van der Waals surface area contributed by atoms with Crippen LogP contribution in [0.1, 0.15) is 13.3 Å². The molecule has 1 atom stereocenters. The molecule has 1 aliphatic rings. The maximum absolute atomic E-state index is 10.4. The number of aliphatic carboxylic acids is 1. The zero-order valence-corrected chi connectivity index (χ0v) is 7.58. The predicted octanol–water partition coefficient (Wildman–Crippen LogP) is 0.969. The molecule has 0 aromatic carbocycles. The molecule has 3 nitrogen and oxygen atoms in total. The zero-order chi connectivity index (χ0) is 9.14. The molecule has 68 valence electrons. The van der Waals surface area contributed by atoms with Crippen molar-refractivity contribution in [3.63, 3.8) is 0 Å². The third kappa shape index (κ3) is 2.34. The van der Waals surface area contributed by atoms with Gasteiger partial charge in [-0.15, -0.1) is 0 Å². The van der Waals surface area contributed by atoms with Crippen molar-refractivity contribution >= 4 is 5.97 Å². The smallest absolute Gasteiger partial charge is 0.328 e. The van der Waals surface area contributed by atoms with Gasteiger partial charge in [0.05, 0.1) is 0 Å². The summed E-state index contributed by atoms with van der Waals surface area (Å²) in [4.78, 5) is 12.6. The first-order chi connectivity index (χ1) is 5.59. The summed E-state index contributed by atoms with van der Waals surface area (Å²) >= 11 is 0. The van der Waals surface area contributed by atoms with Crippen LogP contribution in [0.4, 0.5) is 0 Å². The summed E-state index contributed by atoms with van der Waals surface area (Å²) in [6.45, 7) is 4.02. The highest BCUT2D eigenvalue weighted by Crippen LogP contribution is 2.20. The average molecular weight is 169 g/mol. The Balaban J connectivity index is 2.62. The lowest BCUT2D eigenvalue weighted by Gasteiger charge is -2.29. The number of carboxylic acids is 1. The second-order valence-electron chi connectivity index (χ2n) is 3.47. The van der Waals surface area contributed by atoms with E-state index in [0.717, 1.165) is 25.1 Å². The SMILES string of the molecule is CC1CN(C)CC/C1=C\C(=O)O. The van der Waals surface area contributed by atoms with E-state index in [2.05, 4.69) is 18.9 Å². The minimum absolute atomic E-state index is 0.389. The van der Waals surface area contributed by atoms with Crippen molar-refractivity contribution < 1.29 is 9.90 Å². The van der Waals surface area contributed by atoms with E-state index in [1.807, 2.05) is 0 Å². The molecule has 1 saturated heterocycles. The number of likely N-dealkylation sites (tertiary alicyclic amines) is 1. The normalized spacial score (nSPS) is 29.2. The number of carbonyl (C=O) groups is 1. The second-order valence-corrected chi connectivity index (χ2v) is 3.47. The van der Waals surface area contributed by atoms with Crippen LogP contribution in [0.25, 0.3) is 0 Å². The van der Waals surface area contributed by atoms with Gasteiger partial charge in [-0.2, -0.15) is 0 Å². The fourth-order valence-corrected chi connectivity index (χ4v) is 1.62. The number of carboxylic acid groups (broad SMARTS) is 1. The van der Waals surface area contributed by atoms with Crippen molar-refractivity contribution in [2.45, 2.75) is 13.3 Å². The molecule has 0 spiro atoms. The van der Waals surface area contributed by atoms with Crippen molar-refractivity contribution in [2.24, 2.45) is 5.92 Å². The molecule has 1 rings (SSSR count). The minimum atomic E-state index is -0.818. The Hall–Kier alpha value is -0.830. The van der Waals surface area contributed by atoms with Gasteiger partial charge in [0, 0.05) is 19.2 Å². The number of hydrogen-bond donors (Lipinski definition) is 1. The van der Waals surface area contributed by atoms with E-state index in [1.165, 1.54) is 6.08 Å². The van der Waals surface area contributed by atoms with E-state index >= 15 is 0 Å². The summed E-state index contributed by atoms with van der Waals surface area (Å²) in [5.41, 5.74) is 1.07. The fourth-order valence-electron chi connectivity index (χ4n) is 1.62. The fraction of sp³-hybridized carbons (Fsp3) is 0.667. The molecular formula is C9H15NO2. The van der Waals surface area contributed by atoms with Gasteiger partial charge in [-0.05, 0) is 19.4 Å². The number of hydrogen-bond acceptors (Lipinski definition) is 2. The van der Waals surface area contributed by atoms with Crippen LogP contribution in [-0.4, -0.2) is 36.1 Å². The first kappa shape index (κ1) is 9.26. The van der Waals surface area contributed by atoms with Crippen molar-refractivity contribution in [3.8, 4) is 0 Å². The molecule has 1 N–H and O–H groups in total. The van der Waals surface area contributed by atoms with E-state index in [-0.39, 0.29) is 0 Å². The standard InChI is InChI=1S/C9H15NO2/c1-7-6-10(2)4-3-8(7)5-9(11)12/h5,7H,3-4,6H2,1-2H3,(H,11,12)/b8-5+. The molecule has 1 unspecified atom stereocenters. The van der Waals surface area contributed by atoms with Crippen LogP contribution in [-0.2, 0) is 4.79 Å². The monoisotopic (exact) mass is 169 g/mol. The minimum Gasteiger partial charge on any atom is -0.478 e. The van der Waals surface area contributed by atoms with Gasteiger partial charge >= 0.3 is 5.97 Å². The van der Waals surface area contributed by atoms with Gasteiger partial charge in [-0.1, -0.05) is 12.5 Å². The molecule has 12 heavy (non-hydrogen) atoms. The van der Waals surface area contributed by atoms with Crippen LogP contribution in [0, 0.1) is 5.92 Å². The van der Waals surface area contributed by atoms with Gasteiger partial charge in [0.15, 0.2) is 0 Å². The lowest BCUT2D eigenvalue weighted by atomic mass is 9.93. The van der Waals surface area contributed by atoms with Gasteiger partial charge in [-0.25, -0.2) is 4.79 Å². The van der Waals surface area contributed by atoms with Crippen molar-refractivity contribution in [1.29, 1.82) is 0 Å². The molecular weight excluding hydrogens is 154 g/mol. The summed E-state index contributed by atoms with van der Waals surface area (Å²) in [5, 5.41) is 8.56. The van der Waals surface area contributed by atoms with Crippen molar-refractivity contribution in [3.05, 3.63) is 11.6 Å². The Morgan fingerprint density at radius 2 is 2.42 bits per heavy atom. The summed E-state index contributed by atoms with van der Waals surface area (Å²) in [5.74, 6) is -0.429. The molecule has 0 aromatic rings. The maximum Gasteiger partial charge on any atom is 0.328 e. The van der Waals surface area contributed by atoms with Crippen molar-refractivity contribution in [1.82, 2.24) is 4.90 Å². The first-order valence-corrected chi connectivity index (χ1v) is 4.21. The highest BCUT2D eigenvalue weighted by molar-refractivity contribution is 5.80. The molecule has 1 heterocycles. The Morgan fingerprint density at radius 3 is 2.92 bits per heavy atom. The highest BCUT2D eigenvalue weighted by atomic mass is 16.4. The topological polar surface area (TPSA) is 40.5 Å². The number of rotatable bonds is 1. The zero-order valence-electron chi connectivity index (χ0n) is 7.58. The molecule has 0 amide bonds. The Bertz CT molecular complexity index is 211. The lowest BCUT2D eigenvalue weighted by molar-refractivity contribution is -0.131. The van der Waals surface area contributed by atoms with Crippen LogP contribution in [0.15, 0.2) is 11.6 Å². The van der Waals surface area contributed by atoms with E-state index < -0.39 is 5.97 Å². The van der Waals surface area contributed by atoms with Gasteiger partial charge in [-0.3, -0.25) is 0 Å². The molecule has 0 aliphatic carbocycles. The quantitative estimate of drug-likeness (QED) is 0.594. The second kappa shape index (κ2) is 3.72. The van der Waals surface area contributed by atoms with Gasteiger partial charge < -0.3 is 10.0 Å². The summed E-state index contributed by atoms with van der Waals surface area (Å²) in [6.07, 6.45) is 2.25. The Kier molecular flexibility index (Phi) is 2.87.